The van der Waals surface area contributed by atoms with E-state index in [9.17, 15) is 0 Å². The Hall–Kier alpha value is -0.438. The number of para-hydroxylation sites is 1. The molecule has 0 saturated carbocycles. The Morgan fingerprint density at radius 3 is 2.36 bits per heavy atom. The molecule has 0 unspecified atom stereocenters. The van der Waals surface area contributed by atoms with Crippen LogP contribution in [-0.2, 0) is 19.4 Å². The molecule has 1 rings (SSSR count). The minimum absolute atomic E-state index is 0.993. The summed E-state index contributed by atoms with van der Waals surface area (Å²) in [7, 11) is 0. The second-order valence-electron chi connectivity index (χ2n) is 1.82. The summed E-state index contributed by atoms with van der Waals surface area (Å²) >= 11 is 2.72. The molecule has 4 nitrogen and oxygen atoms in total. The van der Waals surface area contributed by atoms with Crippen molar-refractivity contribution >= 4 is 5.69 Å². The zero-order chi connectivity index (χ0) is 7.94. The van der Waals surface area contributed by atoms with E-state index in [0.29, 0.717) is 0 Å². The van der Waals surface area contributed by atoms with Gasteiger partial charge in [-0.25, -0.2) is 0 Å². The molecule has 0 aliphatic rings. The monoisotopic (exact) mass is 243 g/mol. The maximum atomic E-state index is 2.90. The molecular weight excluding hydrogens is 235 g/mol. The van der Waals surface area contributed by atoms with E-state index >= 15 is 0 Å². The molecule has 0 aliphatic carbocycles. The van der Waals surface area contributed by atoms with Gasteiger partial charge in [-0.3, -0.25) is 0 Å². The van der Waals surface area contributed by atoms with Crippen LogP contribution in [0.2, 0.25) is 0 Å². The first kappa shape index (κ1) is 8.66. The Bertz CT molecular complexity index is 191. The van der Waals surface area contributed by atoms with Crippen LogP contribution >= 0.6 is 0 Å². The van der Waals surface area contributed by atoms with Crippen molar-refractivity contribution in [2.45, 2.75) is 0 Å². The number of benzene rings is 1. The summed E-state index contributed by atoms with van der Waals surface area (Å²) in [6.07, 6.45) is 0. The molecule has 0 fully saturated rings. The molecule has 0 amide bonds. The van der Waals surface area contributed by atoms with Gasteiger partial charge in [-0.15, -0.1) is 0 Å². The predicted octanol–water partition coefficient (Wildman–Crippen LogP) is 0.0741. The molecule has 5 heteroatoms. The van der Waals surface area contributed by atoms with Crippen LogP contribution in [0.3, 0.4) is 0 Å². The molecule has 4 N–H and O–H groups in total. The van der Waals surface area contributed by atoms with E-state index in [1.807, 2.05) is 30.3 Å². The van der Waals surface area contributed by atoms with Crippen LogP contribution in [0.25, 0.3) is 0 Å². The fourth-order valence-electron chi connectivity index (χ4n) is 0.645. The SMILES string of the molecule is [Pd][NH]NNNc1ccccc1. The first-order valence-electron chi connectivity index (χ1n) is 3.07. The van der Waals surface area contributed by atoms with Gasteiger partial charge < -0.3 is 0 Å². The third-order valence-electron chi connectivity index (χ3n) is 1.08. The Balaban J connectivity index is 2.28. The van der Waals surface area contributed by atoms with Gasteiger partial charge in [-0.2, -0.15) is 0 Å². The second kappa shape index (κ2) is 5.24. The van der Waals surface area contributed by atoms with Gasteiger partial charge in [0.05, 0.1) is 0 Å². The van der Waals surface area contributed by atoms with Gasteiger partial charge in [-0.05, 0) is 0 Å². The van der Waals surface area contributed by atoms with Crippen LogP contribution in [0.1, 0.15) is 0 Å². The number of hydrogen-bond acceptors (Lipinski definition) is 4. The van der Waals surface area contributed by atoms with E-state index in [1.165, 1.54) is 0 Å². The molecule has 0 aliphatic heterocycles. The zero-order valence-electron chi connectivity index (χ0n) is 5.70. The van der Waals surface area contributed by atoms with E-state index in [2.05, 4.69) is 40.0 Å². The molecule has 63 valence electrons. The van der Waals surface area contributed by atoms with Crippen LogP contribution in [0.15, 0.2) is 30.3 Å². The summed E-state index contributed by atoms with van der Waals surface area (Å²) in [6.45, 7) is 0. The van der Waals surface area contributed by atoms with Gasteiger partial charge in [0.25, 0.3) is 0 Å². The molecule has 0 heterocycles. The molecule has 11 heavy (non-hydrogen) atoms. The van der Waals surface area contributed by atoms with Gasteiger partial charge in [0, 0.05) is 0 Å². The van der Waals surface area contributed by atoms with Crippen molar-refractivity contribution < 1.29 is 19.4 Å². The molecule has 0 aromatic heterocycles. The Labute approximate surface area is 76.4 Å². The van der Waals surface area contributed by atoms with Crippen molar-refractivity contribution in [2.24, 2.45) is 0 Å². The van der Waals surface area contributed by atoms with E-state index < -0.39 is 0 Å². The fraction of sp³-hybridized carbons (Fsp3) is 0. The van der Waals surface area contributed by atoms with Crippen LogP contribution in [-0.4, -0.2) is 0 Å². The predicted molar refractivity (Wildman–Crippen MR) is 39.5 cm³/mol. The molecule has 1 aromatic carbocycles. The van der Waals surface area contributed by atoms with Crippen molar-refractivity contribution in [3.05, 3.63) is 30.3 Å². The minimum atomic E-state index is 0.993. The fourth-order valence-corrected chi connectivity index (χ4v) is 0.742. The van der Waals surface area contributed by atoms with Crippen molar-refractivity contribution in [3.8, 4) is 0 Å². The van der Waals surface area contributed by atoms with E-state index in [-0.39, 0.29) is 0 Å². The summed E-state index contributed by atoms with van der Waals surface area (Å²) in [5.41, 5.74) is 9.21. The maximum absolute atomic E-state index is 2.90. The Kier molecular flexibility index (Phi) is 4.13. The third kappa shape index (κ3) is 3.47. The normalized spacial score (nSPS) is 9.64. The molecule has 0 bridgehead atoms. The number of anilines is 1. The summed E-state index contributed by atoms with van der Waals surface area (Å²) in [5, 5.41) is 0. The Morgan fingerprint density at radius 1 is 1.00 bits per heavy atom. The summed E-state index contributed by atoms with van der Waals surface area (Å²) in [4.78, 5) is 0. The number of nitrogens with one attached hydrogen (secondary N) is 4. The quantitative estimate of drug-likeness (QED) is 0.344. The molecule has 1 aromatic rings. The average Bonchev–Trinajstić information content (AvgIpc) is 2.07. The molecular formula is C6H9N4Pd. The second-order valence-corrected chi connectivity index (χ2v) is 2.21. The zero-order valence-corrected chi connectivity index (χ0v) is 7.26. The van der Waals surface area contributed by atoms with Crippen LogP contribution in [0.4, 0.5) is 5.69 Å². The van der Waals surface area contributed by atoms with Crippen LogP contribution in [0.5, 0.6) is 0 Å². The molecule has 0 saturated heterocycles. The number of rotatable bonds is 4. The molecule has 0 atom stereocenters. The van der Waals surface area contributed by atoms with Crippen LogP contribution < -0.4 is 20.6 Å². The van der Waals surface area contributed by atoms with Gasteiger partial charge in [-0.1, -0.05) is 0 Å². The third-order valence-corrected chi connectivity index (χ3v) is 1.28. The van der Waals surface area contributed by atoms with E-state index in [0.717, 1.165) is 5.69 Å². The summed E-state index contributed by atoms with van der Waals surface area (Å²) < 4.78 is 2.56. The molecule has 0 radical (unpaired) electrons. The number of hydrazine groups is 3. The van der Waals surface area contributed by atoms with Crippen molar-refractivity contribution in [1.29, 1.82) is 0 Å². The van der Waals surface area contributed by atoms with Gasteiger partial charge in [0.15, 0.2) is 0 Å². The topological polar surface area (TPSA) is 48.1 Å². The van der Waals surface area contributed by atoms with Gasteiger partial charge >= 0.3 is 76.0 Å². The first-order valence-corrected chi connectivity index (χ1v) is 3.85. The van der Waals surface area contributed by atoms with E-state index in [1.54, 1.807) is 0 Å². The summed E-state index contributed by atoms with van der Waals surface area (Å²) in [5.74, 6) is 0. The van der Waals surface area contributed by atoms with Crippen LogP contribution in [0, 0.1) is 0 Å². The standard InChI is InChI=1S/C6H9N4.Pd/c7-9-10-8-6-4-2-1-3-5-6;/h1-5,7-10H;/q-1;+1. The van der Waals surface area contributed by atoms with E-state index in [4.69, 9.17) is 0 Å². The first-order chi connectivity index (χ1) is 5.43. The van der Waals surface area contributed by atoms with Gasteiger partial charge in [0.1, 0.15) is 0 Å². The summed E-state index contributed by atoms with van der Waals surface area (Å²) in [6, 6.07) is 9.77. The van der Waals surface area contributed by atoms with Gasteiger partial charge in [0.2, 0.25) is 0 Å². The average molecular weight is 244 g/mol. The Morgan fingerprint density at radius 2 is 1.73 bits per heavy atom. The van der Waals surface area contributed by atoms with Crippen molar-refractivity contribution in [1.82, 2.24) is 15.1 Å². The van der Waals surface area contributed by atoms with Crippen molar-refractivity contribution in [3.63, 3.8) is 0 Å². The molecule has 0 spiro atoms. The van der Waals surface area contributed by atoms with Crippen molar-refractivity contribution in [2.75, 3.05) is 5.43 Å². The number of hydrogen-bond donors (Lipinski definition) is 4.